The van der Waals surface area contributed by atoms with E-state index in [1.807, 2.05) is 37.5 Å². The van der Waals surface area contributed by atoms with Crippen LogP contribution in [-0.2, 0) is 12.1 Å². The van der Waals surface area contributed by atoms with Gasteiger partial charge in [-0.1, -0.05) is 24.6 Å². The summed E-state index contributed by atoms with van der Waals surface area (Å²) in [6.45, 7) is 5.39. The third-order valence-corrected chi connectivity index (χ3v) is 9.34. The number of anilines is 1. The van der Waals surface area contributed by atoms with Gasteiger partial charge >= 0.3 is 6.01 Å². The highest BCUT2D eigenvalue weighted by molar-refractivity contribution is 5.70. The van der Waals surface area contributed by atoms with Gasteiger partial charge in [-0.3, -0.25) is 9.36 Å². The van der Waals surface area contributed by atoms with Crippen LogP contribution in [0.3, 0.4) is 0 Å². The van der Waals surface area contributed by atoms with Gasteiger partial charge in [-0.15, -0.1) is 0 Å². The standard InChI is InChI=1S/C31H35FN6O2/c1-3-10-37-28(39)26-27(36-29(37)40-24-7-4-20(2)5-8-24)35-19-38(26)31-14-21-11-22(15-31)13-30(12-21,17-31)18-34-25-9-6-23(32)16-33-25/h4-9,16,19,21-22H,3,10-15,17-18H2,1-2H3,(H,33,34). The lowest BCUT2D eigenvalue weighted by atomic mass is 9.46. The summed E-state index contributed by atoms with van der Waals surface area (Å²) in [5, 5.41) is 3.50. The van der Waals surface area contributed by atoms with Gasteiger partial charge in [0.15, 0.2) is 11.2 Å². The van der Waals surface area contributed by atoms with Gasteiger partial charge in [-0.2, -0.15) is 4.98 Å². The Kier molecular flexibility index (Phi) is 5.94. The fourth-order valence-electron chi connectivity index (χ4n) is 8.20. The Morgan fingerprint density at radius 2 is 1.85 bits per heavy atom. The van der Waals surface area contributed by atoms with Crippen molar-refractivity contribution in [1.29, 1.82) is 0 Å². The van der Waals surface area contributed by atoms with Crippen molar-refractivity contribution in [2.75, 3.05) is 11.9 Å². The second-order valence-electron chi connectivity index (χ2n) is 12.5. The molecule has 4 bridgehead atoms. The number of halogens is 1. The number of nitrogens with one attached hydrogen (secondary N) is 1. The number of imidazole rings is 1. The largest absolute Gasteiger partial charge is 0.425 e. The van der Waals surface area contributed by atoms with Crippen LogP contribution in [0.15, 0.2) is 53.7 Å². The summed E-state index contributed by atoms with van der Waals surface area (Å²) < 4.78 is 23.4. The van der Waals surface area contributed by atoms with E-state index >= 15 is 0 Å². The van der Waals surface area contributed by atoms with Crippen LogP contribution < -0.4 is 15.6 Å². The van der Waals surface area contributed by atoms with Crippen molar-refractivity contribution in [2.45, 2.75) is 70.9 Å². The van der Waals surface area contributed by atoms with Gasteiger partial charge in [0, 0.05) is 18.6 Å². The van der Waals surface area contributed by atoms with Crippen LogP contribution >= 0.6 is 0 Å². The third kappa shape index (κ3) is 4.26. The number of hydrogen-bond donors (Lipinski definition) is 1. The Bertz CT molecular complexity index is 1600. The number of rotatable bonds is 8. The quantitative estimate of drug-likeness (QED) is 0.292. The number of fused-ring (bicyclic) bond motifs is 1. The lowest BCUT2D eigenvalue weighted by molar-refractivity contribution is -0.0933. The molecule has 2 atom stereocenters. The van der Waals surface area contributed by atoms with E-state index in [9.17, 15) is 9.18 Å². The third-order valence-electron chi connectivity index (χ3n) is 9.34. The summed E-state index contributed by atoms with van der Waals surface area (Å²) in [4.78, 5) is 27.8. The topological polar surface area (TPSA) is 86.9 Å². The van der Waals surface area contributed by atoms with Gasteiger partial charge in [-0.05, 0) is 93.4 Å². The van der Waals surface area contributed by atoms with Crippen molar-refractivity contribution in [3.05, 3.63) is 70.7 Å². The van der Waals surface area contributed by atoms with E-state index in [0.29, 0.717) is 41.1 Å². The average molecular weight is 543 g/mol. The molecule has 0 amide bonds. The van der Waals surface area contributed by atoms with E-state index in [0.717, 1.165) is 37.8 Å². The van der Waals surface area contributed by atoms with Gasteiger partial charge in [0.05, 0.1) is 12.5 Å². The molecule has 8 rings (SSSR count). The summed E-state index contributed by atoms with van der Waals surface area (Å²) in [6, 6.07) is 11.2. The first-order valence-corrected chi connectivity index (χ1v) is 14.4. The van der Waals surface area contributed by atoms with Crippen LogP contribution in [0.4, 0.5) is 10.2 Å². The van der Waals surface area contributed by atoms with Gasteiger partial charge < -0.3 is 14.6 Å². The minimum atomic E-state index is -0.332. The maximum Gasteiger partial charge on any atom is 0.306 e. The normalized spacial score (nSPS) is 26.9. The molecule has 4 fully saturated rings. The molecule has 4 aromatic rings. The smallest absolute Gasteiger partial charge is 0.306 e. The Hall–Kier alpha value is -3.75. The lowest BCUT2D eigenvalue weighted by Crippen LogP contribution is -2.58. The molecule has 4 aliphatic carbocycles. The zero-order chi connectivity index (χ0) is 27.5. The Balaban J connectivity index is 1.25. The maximum atomic E-state index is 14.1. The number of benzene rings is 1. The highest BCUT2D eigenvalue weighted by Crippen LogP contribution is 2.64. The van der Waals surface area contributed by atoms with Crippen LogP contribution in [0.1, 0.15) is 57.4 Å². The molecule has 40 heavy (non-hydrogen) atoms. The van der Waals surface area contributed by atoms with Crippen molar-refractivity contribution < 1.29 is 9.13 Å². The fourth-order valence-corrected chi connectivity index (χ4v) is 8.20. The first kappa shape index (κ1) is 25.2. The predicted molar refractivity (Wildman–Crippen MR) is 151 cm³/mol. The second kappa shape index (κ2) is 9.42. The van der Waals surface area contributed by atoms with Crippen molar-refractivity contribution in [3.63, 3.8) is 0 Å². The van der Waals surface area contributed by atoms with Crippen molar-refractivity contribution in [3.8, 4) is 11.8 Å². The zero-order valence-corrected chi connectivity index (χ0v) is 23.1. The van der Waals surface area contributed by atoms with E-state index in [1.54, 1.807) is 10.6 Å². The molecule has 0 spiro atoms. The molecule has 2 unspecified atom stereocenters. The minimum Gasteiger partial charge on any atom is -0.425 e. The second-order valence-corrected chi connectivity index (χ2v) is 12.5. The van der Waals surface area contributed by atoms with E-state index in [4.69, 9.17) is 9.72 Å². The molecule has 9 heteroatoms. The van der Waals surface area contributed by atoms with Crippen LogP contribution in [0.5, 0.6) is 11.8 Å². The minimum absolute atomic E-state index is 0.0927. The number of ether oxygens (including phenoxy) is 1. The maximum absolute atomic E-state index is 14.1. The molecule has 4 saturated carbocycles. The molecule has 8 nitrogen and oxygen atoms in total. The first-order chi connectivity index (χ1) is 19.4. The van der Waals surface area contributed by atoms with E-state index in [-0.39, 0.29) is 28.3 Å². The zero-order valence-electron chi connectivity index (χ0n) is 23.1. The van der Waals surface area contributed by atoms with Crippen LogP contribution in [0, 0.1) is 30.0 Å². The summed E-state index contributed by atoms with van der Waals surface area (Å²) in [5.41, 5.74) is 2.00. The van der Waals surface area contributed by atoms with Gasteiger partial charge in [0.1, 0.15) is 17.4 Å². The van der Waals surface area contributed by atoms with Gasteiger partial charge in [-0.25, -0.2) is 14.4 Å². The lowest BCUT2D eigenvalue weighted by Gasteiger charge is -2.62. The average Bonchev–Trinajstić information content (AvgIpc) is 3.36. The Labute approximate surface area is 232 Å². The molecule has 3 heterocycles. The van der Waals surface area contributed by atoms with E-state index in [1.165, 1.54) is 31.5 Å². The molecular weight excluding hydrogens is 507 g/mol. The Morgan fingerprint density at radius 3 is 2.55 bits per heavy atom. The molecule has 4 aliphatic rings. The SMILES string of the molecule is CCCn1c(Oc2ccc(C)cc2)nc2ncn(C34CC5CC(CC(CNc6ccc(F)cn6)(C5)C3)C4)c2c1=O. The van der Waals surface area contributed by atoms with E-state index in [2.05, 4.69) is 26.8 Å². The van der Waals surface area contributed by atoms with Crippen molar-refractivity contribution in [2.24, 2.45) is 17.3 Å². The monoisotopic (exact) mass is 542 g/mol. The van der Waals surface area contributed by atoms with Gasteiger partial charge in [0.2, 0.25) is 0 Å². The molecule has 1 aromatic carbocycles. The van der Waals surface area contributed by atoms with Crippen LogP contribution in [0.2, 0.25) is 0 Å². The molecule has 3 aromatic heterocycles. The summed E-state index contributed by atoms with van der Waals surface area (Å²) in [5.74, 6) is 2.23. The van der Waals surface area contributed by atoms with Crippen molar-refractivity contribution in [1.82, 2.24) is 24.1 Å². The highest BCUT2D eigenvalue weighted by atomic mass is 19.1. The molecule has 208 valence electrons. The van der Waals surface area contributed by atoms with Crippen LogP contribution in [-0.4, -0.2) is 30.6 Å². The Morgan fingerprint density at radius 1 is 1.07 bits per heavy atom. The molecule has 1 N–H and O–H groups in total. The van der Waals surface area contributed by atoms with Crippen molar-refractivity contribution >= 4 is 17.0 Å². The number of aryl methyl sites for hydroxylation is 1. The summed E-state index contributed by atoms with van der Waals surface area (Å²) in [6.07, 6.45) is 10.6. The molecular formula is C31H35FN6O2. The number of hydrogen-bond acceptors (Lipinski definition) is 6. The van der Waals surface area contributed by atoms with Crippen LogP contribution in [0.25, 0.3) is 11.2 Å². The van der Waals surface area contributed by atoms with E-state index < -0.39 is 0 Å². The summed E-state index contributed by atoms with van der Waals surface area (Å²) in [7, 11) is 0. The molecule has 0 saturated heterocycles. The number of pyridine rings is 1. The summed E-state index contributed by atoms with van der Waals surface area (Å²) >= 11 is 0. The number of aromatic nitrogens is 5. The molecule has 0 aliphatic heterocycles. The van der Waals surface area contributed by atoms with Gasteiger partial charge in [0.25, 0.3) is 5.56 Å². The molecule has 0 radical (unpaired) electrons. The highest BCUT2D eigenvalue weighted by Gasteiger charge is 2.58. The predicted octanol–water partition coefficient (Wildman–Crippen LogP) is 6.05. The first-order valence-electron chi connectivity index (χ1n) is 14.4. The fraction of sp³-hybridized carbons (Fsp3) is 0.484. The number of nitrogens with zero attached hydrogens (tertiary/aromatic N) is 5.